The minimum Gasteiger partial charge on any atom is -0.496 e. The number of aryl methyl sites for hydroxylation is 2. The van der Waals surface area contributed by atoms with E-state index in [1.165, 1.54) is 36.9 Å². The van der Waals surface area contributed by atoms with Gasteiger partial charge in [0.25, 0.3) is 0 Å². The van der Waals surface area contributed by atoms with Crippen LogP contribution in [0.4, 0.5) is 0 Å². The van der Waals surface area contributed by atoms with E-state index < -0.39 is 0 Å². The molecule has 0 radical (unpaired) electrons. The van der Waals surface area contributed by atoms with Gasteiger partial charge in [-0.1, -0.05) is 17.7 Å². The molecule has 1 aliphatic rings. The van der Waals surface area contributed by atoms with Crippen LogP contribution in [-0.4, -0.2) is 19.7 Å². The molecule has 1 N–H and O–H groups in total. The van der Waals surface area contributed by atoms with Gasteiger partial charge in [-0.15, -0.1) is 0 Å². The van der Waals surface area contributed by atoms with Crippen LogP contribution in [-0.2, 0) is 6.42 Å². The quantitative estimate of drug-likeness (QED) is 0.840. The number of benzene rings is 1. The van der Waals surface area contributed by atoms with Crippen molar-refractivity contribution >= 4 is 0 Å². The molecule has 1 aromatic rings. The Bertz CT molecular complexity index is 343. The summed E-state index contributed by atoms with van der Waals surface area (Å²) >= 11 is 0. The summed E-state index contributed by atoms with van der Waals surface area (Å²) in [6.45, 7) is 3.33. The second-order valence-corrected chi connectivity index (χ2v) is 4.65. The number of hydrogen-bond donors (Lipinski definition) is 1. The Kier molecular flexibility index (Phi) is 3.83. The Labute approximate surface area is 98.0 Å². The standard InChI is InChI=1S/C14H21NO/c1-11-5-8-14(16-2)12(10-11)6-7-13-4-3-9-15-13/h5,8,10,13,15H,3-4,6-7,9H2,1-2H3. The maximum atomic E-state index is 5.40. The van der Waals surface area contributed by atoms with Crippen molar-refractivity contribution in [3.8, 4) is 5.75 Å². The summed E-state index contributed by atoms with van der Waals surface area (Å²) in [6, 6.07) is 7.14. The maximum Gasteiger partial charge on any atom is 0.122 e. The molecular weight excluding hydrogens is 198 g/mol. The first-order valence-electron chi connectivity index (χ1n) is 6.16. The summed E-state index contributed by atoms with van der Waals surface area (Å²) in [4.78, 5) is 0. The Morgan fingerprint density at radius 1 is 1.44 bits per heavy atom. The Morgan fingerprint density at radius 3 is 3.00 bits per heavy atom. The van der Waals surface area contributed by atoms with Crippen molar-refractivity contribution in [3.05, 3.63) is 29.3 Å². The second-order valence-electron chi connectivity index (χ2n) is 4.65. The summed E-state index contributed by atoms with van der Waals surface area (Å²) in [5.41, 5.74) is 2.66. The molecule has 1 heterocycles. The molecule has 1 aromatic carbocycles. The predicted octanol–water partition coefficient (Wildman–Crippen LogP) is 2.69. The van der Waals surface area contributed by atoms with E-state index >= 15 is 0 Å². The normalized spacial score (nSPS) is 20.0. The van der Waals surface area contributed by atoms with E-state index in [-0.39, 0.29) is 0 Å². The Hall–Kier alpha value is -1.02. The highest BCUT2D eigenvalue weighted by atomic mass is 16.5. The molecule has 2 rings (SSSR count). The summed E-state index contributed by atoms with van der Waals surface area (Å²) in [5.74, 6) is 1.03. The van der Waals surface area contributed by atoms with E-state index in [2.05, 4.69) is 30.4 Å². The van der Waals surface area contributed by atoms with Gasteiger partial charge in [0.15, 0.2) is 0 Å². The topological polar surface area (TPSA) is 21.3 Å². The van der Waals surface area contributed by atoms with Gasteiger partial charge in [-0.25, -0.2) is 0 Å². The number of ether oxygens (including phenoxy) is 1. The predicted molar refractivity (Wildman–Crippen MR) is 67.1 cm³/mol. The van der Waals surface area contributed by atoms with Crippen molar-refractivity contribution in [2.75, 3.05) is 13.7 Å². The monoisotopic (exact) mass is 219 g/mol. The summed E-state index contributed by atoms with van der Waals surface area (Å²) in [5, 5.41) is 3.54. The number of rotatable bonds is 4. The number of methoxy groups -OCH3 is 1. The van der Waals surface area contributed by atoms with Crippen molar-refractivity contribution in [3.63, 3.8) is 0 Å². The van der Waals surface area contributed by atoms with E-state index in [4.69, 9.17) is 4.74 Å². The van der Waals surface area contributed by atoms with Gasteiger partial charge in [0, 0.05) is 6.04 Å². The molecule has 0 saturated carbocycles. The minimum atomic E-state index is 0.713. The molecule has 88 valence electrons. The fourth-order valence-corrected chi connectivity index (χ4v) is 2.44. The van der Waals surface area contributed by atoms with Gasteiger partial charge in [0.2, 0.25) is 0 Å². The number of nitrogens with one attached hydrogen (secondary N) is 1. The van der Waals surface area contributed by atoms with Crippen molar-refractivity contribution < 1.29 is 4.74 Å². The zero-order valence-corrected chi connectivity index (χ0v) is 10.3. The lowest BCUT2D eigenvalue weighted by Gasteiger charge is -2.13. The average Bonchev–Trinajstić information content (AvgIpc) is 2.79. The molecule has 1 aliphatic heterocycles. The molecular formula is C14H21NO. The zero-order valence-electron chi connectivity index (χ0n) is 10.3. The molecule has 2 nitrogen and oxygen atoms in total. The van der Waals surface area contributed by atoms with E-state index in [9.17, 15) is 0 Å². The van der Waals surface area contributed by atoms with Gasteiger partial charge in [0.1, 0.15) is 5.75 Å². The first kappa shape index (κ1) is 11.5. The molecule has 1 saturated heterocycles. The van der Waals surface area contributed by atoms with Crippen LogP contribution in [0.15, 0.2) is 18.2 Å². The highest BCUT2D eigenvalue weighted by molar-refractivity contribution is 5.36. The molecule has 16 heavy (non-hydrogen) atoms. The molecule has 1 atom stereocenters. The molecule has 0 spiro atoms. The van der Waals surface area contributed by atoms with Crippen LogP contribution in [0.1, 0.15) is 30.4 Å². The van der Waals surface area contributed by atoms with Gasteiger partial charge >= 0.3 is 0 Å². The summed E-state index contributed by atoms with van der Waals surface area (Å²) in [7, 11) is 1.75. The van der Waals surface area contributed by atoms with E-state index in [1.807, 2.05) is 0 Å². The molecule has 0 aromatic heterocycles. The largest absolute Gasteiger partial charge is 0.496 e. The molecule has 1 unspecified atom stereocenters. The van der Waals surface area contributed by atoms with Gasteiger partial charge in [0.05, 0.1) is 7.11 Å². The van der Waals surface area contributed by atoms with Crippen molar-refractivity contribution in [2.24, 2.45) is 0 Å². The first-order valence-corrected chi connectivity index (χ1v) is 6.16. The van der Waals surface area contributed by atoms with Crippen LogP contribution in [0.3, 0.4) is 0 Å². The van der Waals surface area contributed by atoms with Crippen LogP contribution < -0.4 is 10.1 Å². The third-order valence-electron chi connectivity index (χ3n) is 3.36. The van der Waals surface area contributed by atoms with Crippen molar-refractivity contribution in [1.29, 1.82) is 0 Å². The van der Waals surface area contributed by atoms with E-state index in [0.717, 1.165) is 12.2 Å². The van der Waals surface area contributed by atoms with Crippen LogP contribution in [0.5, 0.6) is 5.75 Å². The van der Waals surface area contributed by atoms with Crippen LogP contribution >= 0.6 is 0 Å². The lowest BCUT2D eigenvalue weighted by atomic mass is 10.0. The molecule has 0 amide bonds. The Balaban J connectivity index is 1.98. The third kappa shape index (κ3) is 2.76. The van der Waals surface area contributed by atoms with Crippen LogP contribution in [0.2, 0.25) is 0 Å². The average molecular weight is 219 g/mol. The minimum absolute atomic E-state index is 0.713. The fourth-order valence-electron chi connectivity index (χ4n) is 2.44. The SMILES string of the molecule is COc1ccc(C)cc1CCC1CCCN1. The lowest BCUT2D eigenvalue weighted by Crippen LogP contribution is -2.21. The molecule has 0 bridgehead atoms. The highest BCUT2D eigenvalue weighted by Crippen LogP contribution is 2.22. The van der Waals surface area contributed by atoms with Gasteiger partial charge in [-0.2, -0.15) is 0 Å². The van der Waals surface area contributed by atoms with Gasteiger partial charge < -0.3 is 10.1 Å². The van der Waals surface area contributed by atoms with Crippen LogP contribution in [0.25, 0.3) is 0 Å². The number of hydrogen-bond acceptors (Lipinski definition) is 2. The first-order chi connectivity index (χ1) is 7.79. The second kappa shape index (κ2) is 5.35. The van der Waals surface area contributed by atoms with E-state index in [0.29, 0.717) is 6.04 Å². The van der Waals surface area contributed by atoms with Crippen LogP contribution in [0, 0.1) is 6.92 Å². The van der Waals surface area contributed by atoms with Crippen molar-refractivity contribution in [2.45, 2.75) is 38.6 Å². The summed E-state index contributed by atoms with van der Waals surface area (Å²) in [6.07, 6.45) is 4.99. The van der Waals surface area contributed by atoms with Gasteiger partial charge in [-0.3, -0.25) is 0 Å². The highest BCUT2D eigenvalue weighted by Gasteiger charge is 2.14. The Morgan fingerprint density at radius 2 is 2.31 bits per heavy atom. The molecule has 2 heteroatoms. The fraction of sp³-hybridized carbons (Fsp3) is 0.571. The maximum absolute atomic E-state index is 5.40. The smallest absolute Gasteiger partial charge is 0.122 e. The molecule has 0 aliphatic carbocycles. The summed E-state index contributed by atoms with van der Waals surface area (Å²) < 4.78 is 5.40. The third-order valence-corrected chi connectivity index (χ3v) is 3.36. The van der Waals surface area contributed by atoms with Crippen molar-refractivity contribution in [1.82, 2.24) is 5.32 Å². The van der Waals surface area contributed by atoms with E-state index in [1.54, 1.807) is 7.11 Å². The lowest BCUT2D eigenvalue weighted by molar-refractivity contribution is 0.407. The molecule has 1 fully saturated rings. The van der Waals surface area contributed by atoms with Gasteiger partial charge in [-0.05, 0) is 50.8 Å². The zero-order chi connectivity index (χ0) is 11.4.